The van der Waals surface area contributed by atoms with E-state index in [0.29, 0.717) is 6.54 Å². The van der Waals surface area contributed by atoms with E-state index in [4.69, 9.17) is 10.2 Å². The predicted molar refractivity (Wildman–Crippen MR) is 88.6 cm³/mol. The van der Waals surface area contributed by atoms with Gasteiger partial charge in [0.2, 0.25) is 0 Å². The van der Waals surface area contributed by atoms with Crippen LogP contribution in [0.1, 0.15) is 58.8 Å². The smallest absolute Gasteiger partial charge is 0.0897 e. The van der Waals surface area contributed by atoms with Crippen LogP contribution in [0.2, 0.25) is 8.87 Å². The van der Waals surface area contributed by atoms with Gasteiger partial charge in [-0.1, -0.05) is 6.42 Å². The van der Waals surface area contributed by atoms with Crippen molar-refractivity contribution in [1.29, 1.82) is 0 Å². The minimum absolute atomic E-state index is 0.115. The first kappa shape index (κ1) is 20.7. The van der Waals surface area contributed by atoms with E-state index in [1.165, 1.54) is 44.9 Å². The summed E-state index contributed by atoms with van der Waals surface area (Å²) in [6, 6.07) is 0. The first-order valence-corrected chi connectivity index (χ1v) is 12.5. The zero-order valence-corrected chi connectivity index (χ0v) is 16.5. The van der Waals surface area contributed by atoms with Crippen molar-refractivity contribution >= 4 is 21.1 Å². The molecule has 1 rings (SSSR count). The van der Waals surface area contributed by atoms with Crippen LogP contribution < -0.4 is 0 Å². The maximum Gasteiger partial charge on any atom is 0.0897 e. The summed E-state index contributed by atoms with van der Waals surface area (Å²) >= 11 is 0.149. The van der Waals surface area contributed by atoms with E-state index in [1.807, 2.05) is 0 Å². The molecule has 0 aliphatic carbocycles. The molecule has 1 unspecified atom stereocenters. The van der Waals surface area contributed by atoms with Gasteiger partial charge < -0.3 is 15.1 Å². The molecule has 1 aliphatic rings. The molecule has 1 saturated heterocycles. The van der Waals surface area contributed by atoms with Crippen molar-refractivity contribution in [3.05, 3.63) is 0 Å². The summed E-state index contributed by atoms with van der Waals surface area (Å²) in [5, 5.41) is 17.7. The van der Waals surface area contributed by atoms with Crippen molar-refractivity contribution in [2.45, 2.75) is 73.8 Å². The van der Waals surface area contributed by atoms with Gasteiger partial charge in [-0.2, -0.15) is 0 Å². The normalized spacial score (nSPS) is 17.4. The Morgan fingerprint density at radius 3 is 2.00 bits per heavy atom. The van der Waals surface area contributed by atoms with Gasteiger partial charge in [-0.15, -0.1) is 0 Å². The molecular weight excluding hydrogens is 357 g/mol. The molecule has 0 aromatic carbocycles. The SMILES string of the molecule is CCC[CH2][Sn][CH2]CCC.OCC(O)CN1CCCCC1. The Bertz CT molecular complexity index is 181. The van der Waals surface area contributed by atoms with Gasteiger partial charge in [-0.3, -0.25) is 0 Å². The fraction of sp³-hybridized carbons (Fsp3) is 1.00. The number of rotatable bonds is 9. The Morgan fingerprint density at radius 1 is 1.00 bits per heavy atom. The summed E-state index contributed by atoms with van der Waals surface area (Å²) < 4.78 is 3.25. The number of piperidine rings is 1. The number of nitrogens with zero attached hydrogens (tertiary/aromatic N) is 1. The van der Waals surface area contributed by atoms with E-state index in [0.717, 1.165) is 13.1 Å². The van der Waals surface area contributed by atoms with Gasteiger partial charge in [-0.25, -0.2) is 0 Å². The largest absolute Gasteiger partial charge is 0.394 e. The molecular formula is C16H35NO2Sn. The number of likely N-dealkylation sites (tertiary alicyclic amines) is 1. The van der Waals surface area contributed by atoms with Gasteiger partial charge in [0.1, 0.15) is 0 Å². The molecule has 3 nitrogen and oxygen atoms in total. The van der Waals surface area contributed by atoms with E-state index < -0.39 is 6.10 Å². The van der Waals surface area contributed by atoms with Crippen LogP contribution in [0.25, 0.3) is 0 Å². The predicted octanol–water partition coefficient (Wildman–Crippen LogP) is 2.95. The summed E-state index contributed by atoms with van der Waals surface area (Å²) in [5.41, 5.74) is 0. The molecule has 0 spiro atoms. The zero-order chi connectivity index (χ0) is 15.1. The number of hydrogen-bond donors (Lipinski definition) is 2. The van der Waals surface area contributed by atoms with Crippen molar-refractivity contribution in [1.82, 2.24) is 4.90 Å². The van der Waals surface area contributed by atoms with Crippen molar-refractivity contribution in [2.24, 2.45) is 0 Å². The summed E-state index contributed by atoms with van der Waals surface area (Å²) in [6.45, 7) is 7.26. The van der Waals surface area contributed by atoms with Crippen molar-refractivity contribution in [3.8, 4) is 0 Å². The van der Waals surface area contributed by atoms with E-state index >= 15 is 0 Å². The van der Waals surface area contributed by atoms with Gasteiger partial charge >= 0.3 is 69.5 Å². The molecule has 1 atom stereocenters. The summed E-state index contributed by atoms with van der Waals surface area (Å²) in [4.78, 5) is 2.21. The standard InChI is InChI=1S/C8H17NO2.2C4H9.Sn/c10-7-8(11)6-9-4-2-1-3-5-9;2*1-3-4-2;/h8,10-11H,1-7H2;2*1,3-4H2,2H3;. The molecule has 0 amide bonds. The third-order valence-corrected chi connectivity index (χ3v) is 7.58. The molecule has 1 aliphatic heterocycles. The monoisotopic (exact) mass is 393 g/mol. The molecule has 0 aromatic heterocycles. The third kappa shape index (κ3) is 13.7. The van der Waals surface area contributed by atoms with Crippen molar-refractivity contribution in [2.75, 3.05) is 26.2 Å². The number of hydrogen-bond acceptors (Lipinski definition) is 3. The minimum Gasteiger partial charge on any atom is -0.394 e. The van der Waals surface area contributed by atoms with Gasteiger partial charge in [-0.05, 0) is 25.9 Å². The molecule has 4 heteroatoms. The third-order valence-electron chi connectivity index (χ3n) is 3.54. The molecule has 0 aromatic rings. The first-order chi connectivity index (χ1) is 9.74. The summed E-state index contributed by atoms with van der Waals surface area (Å²) in [6.07, 6.45) is 9.07. The van der Waals surface area contributed by atoms with Crippen LogP contribution in [0, 0.1) is 0 Å². The Labute approximate surface area is 136 Å². The molecule has 1 fully saturated rings. The fourth-order valence-electron chi connectivity index (χ4n) is 2.23. The molecule has 2 radical (unpaired) electrons. The van der Waals surface area contributed by atoms with Crippen LogP contribution in [0.4, 0.5) is 0 Å². The van der Waals surface area contributed by atoms with Gasteiger partial charge in [0.15, 0.2) is 0 Å². The van der Waals surface area contributed by atoms with Crippen LogP contribution in [-0.4, -0.2) is 68.6 Å². The second kappa shape index (κ2) is 16.1. The van der Waals surface area contributed by atoms with Crippen LogP contribution >= 0.6 is 0 Å². The molecule has 0 bridgehead atoms. The zero-order valence-electron chi connectivity index (χ0n) is 13.6. The van der Waals surface area contributed by atoms with Gasteiger partial charge in [0.25, 0.3) is 0 Å². The van der Waals surface area contributed by atoms with E-state index in [2.05, 4.69) is 18.7 Å². The van der Waals surface area contributed by atoms with Crippen molar-refractivity contribution < 1.29 is 10.2 Å². The molecule has 1 heterocycles. The van der Waals surface area contributed by atoms with Crippen LogP contribution in [0.5, 0.6) is 0 Å². The van der Waals surface area contributed by atoms with Crippen molar-refractivity contribution in [3.63, 3.8) is 0 Å². The Balaban J connectivity index is 0.000000370. The minimum atomic E-state index is -0.548. The van der Waals surface area contributed by atoms with E-state index in [1.54, 1.807) is 8.87 Å². The van der Waals surface area contributed by atoms with Crippen LogP contribution in [0.15, 0.2) is 0 Å². The molecule has 120 valence electrons. The number of aliphatic hydroxyl groups is 2. The average Bonchev–Trinajstić information content (AvgIpc) is 2.49. The second-order valence-corrected chi connectivity index (χ2v) is 9.94. The summed E-state index contributed by atoms with van der Waals surface area (Å²) in [7, 11) is 0. The van der Waals surface area contributed by atoms with E-state index in [9.17, 15) is 0 Å². The molecule has 2 N–H and O–H groups in total. The molecule has 20 heavy (non-hydrogen) atoms. The van der Waals surface area contributed by atoms with E-state index in [-0.39, 0.29) is 27.7 Å². The Morgan fingerprint density at radius 2 is 1.55 bits per heavy atom. The number of aliphatic hydroxyl groups excluding tert-OH is 2. The second-order valence-electron chi connectivity index (χ2n) is 5.65. The Hall–Kier alpha value is 0.679. The maximum absolute atomic E-state index is 9.12. The van der Waals surface area contributed by atoms with Gasteiger partial charge in [0, 0.05) is 6.54 Å². The summed E-state index contributed by atoms with van der Waals surface area (Å²) in [5.74, 6) is 0. The fourth-order valence-corrected chi connectivity index (χ4v) is 6.39. The van der Waals surface area contributed by atoms with Gasteiger partial charge in [0.05, 0.1) is 12.7 Å². The topological polar surface area (TPSA) is 43.7 Å². The first-order valence-electron chi connectivity index (χ1n) is 8.46. The quantitative estimate of drug-likeness (QED) is 0.469. The average molecular weight is 392 g/mol. The molecule has 0 saturated carbocycles. The number of β-amino-alcohol motifs (C(OH)–C–C–N with tert-alkyl or cyclic N) is 1. The van der Waals surface area contributed by atoms with Crippen LogP contribution in [0.3, 0.4) is 0 Å². The maximum atomic E-state index is 9.12. The van der Waals surface area contributed by atoms with Crippen LogP contribution in [-0.2, 0) is 0 Å². The Kier molecular flexibility index (Phi) is 16.6. The number of unbranched alkanes of at least 4 members (excludes halogenated alkanes) is 2.